The number of hydrogen-bond acceptors (Lipinski definition) is 4. The third kappa shape index (κ3) is 5.31. The summed E-state index contributed by atoms with van der Waals surface area (Å²) < 4.78 is 26.7. The molecule has 0 heterocycles. The molecule has 0 aliphatic carbocycles. The molecular weight excluding hydrogens is 312 g/mol. The second-order valence-corrected chi connectivity index (χ2v) is 7.60. The van der Waals surface area contributed by atoms with Gasteiger partial charge in [0.2, 0.25) is 0 Å². The van der Waals surface area contributed by atoms with E-state index in [1.165, 1.54) is 18.4 Å². The van der Waals surface area contributed by atoms with Crippen molar-refractivity contribution in [2.45, 2.75) is 17.9 Å². The van der Waals surface area contributed by atoms with Crippen molar-refractivity contribution in [3.05, 3.63) is 29.8 Å². The fraction of sp³-hybridized carbons (Fsp3) is 0.462. The summed E-state index contributed by atoms with van der Waals surface area (Å²) in [7, 11) is -0.789. The van der Waals surface area contributed by atoms with Crippen LogP contribution in [0.2, 0.25) is 0 Å². The van der Waals surface area contributed by atoms with E-state index in [1.54, 1.807) is 11.8 Å². The van der Waals surface area contributed by atoms with Gasteiger partial charge in [0.25, 0.3) is 10.2 Å². The van der Waals surface area contributed by atoms with Crippen LogP contribution < -0.4 is 0 Å². The van der Waals surface area contributed by atoms with Crippen LogP contribution in [-0.2, 0) is 21.5 Å². The second kappa shape index (κ2) is 7.79. The van der Waals surface area contributed by atoms with Crippen LogP contribution >= 0.6 is 11.8 Å². The molecule has 0 spiro atoms. The Morgan fingerprint density at radius 3 is 2.24 bits per heavy atom. The number of thioether (sulfide) groups is 1. The summed E-state index contributed by atoms with van der Waals surface area (Å²) in [4.78, 5) is 11.6. The summed E-state index contributed by atoms with van der Waals surface area (Å²) >= 11 is 1.62. The Labute approximate surface area is 129 Å². The molecule has 1 N–H and O–H groups in total. The summed E-state index contributed by atoms with van der Waals surface area (Å²) in [6, 6.07) is 7.65. The van der Waals surface area contributed by atoms with Crippen molar-refractivity contribution in [2.24, 2.45) is 0 Å². The van der Waals surface area contributed by atoms with Gasteiger partial charge in [-0.25, -0.2) is 0 Å². The SMILES string of the molecule is CSc1ccc(CN(C)S(=O)(=O)N(C)CCC(=O)O)cc1. The minimum absolute atomic E-state index is 0.0482. The molecule has 1 aromatic rings. The smallest absolute Gasteiger partial charge is 0.304 e. The molecule has 0 unspecified atom stereocenters. The first-order valence-electron chi connectivity index (χ1n) is 6.29. The van der Waals surface area contributed by atoms with Crippen molar-refractivity contribution in [3.8, 4) is 0 Å². The third-order valence-electron chi connectivity index (χ3n) is 2.99. The summed E-state index contributed by atoms with van der Waals surface area (Å²) in [5.41, 5.74) is 0.880. The third-order valence-corrected chi connectivity index (χ3v) is 5.62. The predicted octanol–water partition coefficient (Wildman–Crippen LogP) is 1.49. The molecule has 1 rings (SSSR count). The van der Waals surface area contributed by atoms with Gasteiger partial charge in [0.1, 0.15) is 0 Å². The number of benzene rings is 1. The highest BCUT2D eigenvalue weighted by Gasteiger charge is 2.23. The molecule has 118 valence electrons. The monoisotopic (exact) mass is 332 g/mol. The number of rotatable bonds is 8. The number of carboxylic acids is 1. The molecule has 0 saturated carbocycles. The van der Waals surface area contributed by atoms with Crippen molar-refractivity contribution in [1.29, 1.82) is 0 Å². The van der Waals surface area contributed by atoms with Gasteiger partial charge in [-0.2, -0.15) is 17.0 Å². The average Bonchev–Trinajstić information content (AvgIpc) is 2.45. The molecular formula is C13H20N2O4S2. The Morgan fingerprint density at radius 1 is 1.19 bits per heavy atom. The van der Waals surface area contributed by atoms with Crippen LogP contribution in [0.15, 0.2) is 29.2 Å². The standard InChI is InChI=1S/C13H20N2O4S2/c1-14(9-8-13(16)17)21(18,19)15(2)10-11-4-6-12(20-3)7-5-11/h4-7H,8-10H2,1-3H3,(H,16,17). The lowest BCUT2D eigenvalue weighted by molar-refractivity contribution is -0.137. The maximum absolute atomic E-state index is 12.2. The summed E-state index contributed by atoms with van der Waals surface area (Å²) in [6.45, 7) is 0.196. The van der Waals surface area contributed by atoms with Crippen LogP contribution in [0.25, 0.3) is 0 Å². The zero-order chi connectivity index (χ0) is 16.0. The molecule has 8 heteroatoms. The quantitative estimate of drug-likeness (QED) is 0.730. The molecule has 0 aromatic heterocycles. The first-order chi connectivity index (χ1) is 9.77. The summed E-state index contributed by atoms with van der Waals surface area (Å²) in [5, 5.41) is 8.61. The van der Waals surface area contributed by atoms with E-state index in [2.05, 4.69) is 0 Å². The number of carbonyl (C=O) groups is 1. The Kier molecular flexibility index (Phi) is 6.66. The molecule has 0 fully saturated rings. The Balaban J connectivity index is 2.71. The van der Waals surface area contributed by atoms with Crippen LogP contribution in [0.5, 0.6) is 0 Å². The zero-order valence-corrected chi connectivity index (χ0v) is 13.9. The van der Waals surface area contributed by atoms with Crippen molar-refractivity contribution in [1.82, 2.24) is 8.61 Å². The van der Waals surface area contributed by atoms with E-state index < -0.39 is 16.2 Å². The number of hydrogen-bond donors (Lipinski definition) is 1. The fourth-order valence-corrected chi connectivity index (χ4v) is 3.19. The van der Waals surface area contributed by atoms with Crippen LogP contribution in [-0.4, -0.2) is 55.0 Å². The van der Waals surface area contributed by atoms with E-state index in [9.17, 15) is 13.2 Å². The lowest BCUT2D eigenvalue weighted by Gasteiger charge is -2.24. The molecule has 0 aliphatic heterocycles. The molecule has 21 heavy (non-hydrogen) atoms. The highest BCUT2D eigenvalue weighted by atomic mass is 32.2. The summed E-state index contributed by atoms with van der Waals surface area (Å²) in [6.07, 6.45) is 1.76. The van der Waals surface area contributed by atoms with Crippen LogP contribution in [0.3, 0.4) is 0 Å². The molecule has 6 nitrogen and oxygen atoms in total. The minimum Gasteiger partial charge on any atom is -0.481 e. The molecule has 1 aromatic carbocycles. The van der Waals surface area contributed by atoms with Gasteiger partial charge in [-0.1, -0.05) is 12.1 Å². The maximum atomic E-state index is 12.2. The van der Waals surface area contributed by atoms with Crippen LogP contribution in [0.1, 0.15) is 12.0 Å². The summed E-state index contributed by atoms with van der Waals surface area (Å²) in [5.74, 6) is -1.02. The van der Waals surface area contributed by atoms with Crippen molar-refractivity contribution in [3.63, 3.8) is 0 Å². The van der Waals surface area contributed by atoms with Crippen LogP contribution in [0.4, 0.5) is 0 Å². The van der Waals surface area contributed by atoms with Crippen molar-refractivity contribution >= 4 is 27.9 Å². The van der Waals surface area contributed by atoms with Gasteiger partial charge in [0.15, 0.2) is 0 Å². The lowest BCUT2D eigenvalue weighted by Crippen LogP contribution is -2.40. The number of nitrogens with zero attached hydrogens (tertiary/aromatic N) is 2. The highest BCUT2D eigenvalue weighted by Crippen LogP contribution is 2.17. The molecule has 0 amide bonds. The highest BCUT2D eigenvalue weighted by molar-refractivity contribution is 7.98. The van der Waals surface area contributed by atoms with E-state index in [4.69, 9.17) is 5.11 Å². The van der Waals surface area contributed by atoms with Gasteiger partial charge in [-0.15, -0.1) is 11.8 Å². The normalized spacial score (nSPS) is 12.0. The Bertz CT molecular complexity index is 572. The molecule has 0 radical (unpaired) electrons. The van der Waals surface area contributed by atoms with Crippen molar-refractivity contribution < 1.29 is 18.3 Å². The maximum Gasteiger partial charge on any atom is 0.304 e. The topological polar surface area (TPSA) is 77.9 Å². The molecule has 0 saturated heterocycles. The Hall–Kier alpha value is -1.09. The van der Waals surface area contributed by atoms with Gasteiger partial charge in [0.05, 0.1) is 6.42 Å². The lowest BCUT2D eigenvalue weighted by atomic mass is 10.2. The molecule has 0 atom stereocenters. The van der Waals surface area contributed by atoms with E-state index >= 15 is 0 Å². The Morgan fingerprint density at radius 2 is 1.76 bits per heavy atom. The first kappa shape index (κ1) is 18.0. The van der Waals surface area contributed by atoms with Gasteiger partial charge in [0, 0.05) is 32.1 Å². The first-order valence-corrected chi connectivity index (χ1v) is 8.92. The molecule has 0 bridgehead atoms. The van der Waals surface area contributed by atoms with Crippen LogP contribution in [0, 0.1) is 0 Å². The minimum atomic E-state index is -3.65. The van der Waals surface area contributed by atoms with E-state index in [0.717, 1.165) is 14.8 Å². The largest absolute Gasteiger partial charge is 0.481 e. The fourth-order valence-electron chi connectivity index (χ4n) is 1.68. The predicted molar refractivity (Wildman–Crippen MR) is 83.5 cm³/mol. The average molecular weight is 332 g/mol. The zero-order valence-electron chi connectivity index (χ0n) is 12.3. The van der Waals surface area contributed by atoms with E-state index in [0.29, 0.717) is 0 Å². The van der Waals surface area contributed by atoms with E-state index in [-0.39, 0.29) is 19.5 Å². The van der Waals surface area contributed by atoms with Crippen molar-refractivity contribution in [2.75, 3.05) is 26.9 Å². The van der Waals surface area contributed by atoms with E-state index in [1.807, 2.05) is 30.5 Å². The number of carboxylic acid groups (broad SMARTS) is 1. The van der Waals surface area contributed by atoms with Gasteiger partial charge >= 0.3 is 5.97 Å². The second-order valence-electron chi connectivity index (χ2n) is 4.58. The van der Waals surface area contributed by atoms with Gasteiger partial charge in [-0.05, 0) is 24.0 Å². The van der Waals surface area contributed by atoms with Gasteiger partial charge in [-0.3, -0.25) is 4.79 Å². The van der Waals surface area contributed by atoms with Gasteiger partial charge < -0.3 is 5.11 Å². The number of aliphatic carboxylic acids is 1. The molecule has 0 aliphatic rings.